The van der Waals surface area contributed by atoms with Crippen LogP contribution in [0.3, 0.4) is 0 Å². The molecule has 3 rings (SSSR count). The van der Waals surface area contributed by atoms with E-state index in [1.807, 2.05) is 25.1 Å². The van der Waals surface area contributed by atoms with Crippen molar-refractivity contribution >= 4 is 40.3 Å². The molecule has 1 fully saturated rings. The number of carboxylic acid groups (broad SMARTS) is 1. The van der Waals surface area contributed by atoms with Gasteiger partial charge in [0.2, 0.25) is 5.91 Å². The van der Waals surface area contributed by atoms with Crippen LogP contribution in [0.15, 0.2) is 41.6 Å². The van der Waals surface area contributed by atoms with Gasteiger partial charge in [0.15, 0.2) is 0 Å². The van der Waals surface area contributed by atoms with Crippen molar-refractivity contribution in [3.05, 3.63) is 47.2 Å². The molecular weight excluding hydrogens is 388 g/mol. The van der Waals surface area contributed by atoms with Crippen LogP contribution in [-0.4, -0.2) is 60.7 Å². The largest absolute Gasteiger partial charge is 0.477 e. The second-order valence-electron chi connectivity index (χ2n) is 6.23. The molecule has 2 heterocycles. The van der Waals surface area contributed by atoms with E-state index in [1.165, 1.54) is 11.8 Å². The summed E-state index contributed by atoms with van der Waals surface area (Å²) in [6, 6.07) is 8.13. The molecule has 1 saturated heterocycles. The first-order chi connectivity index (χ1) is 12.9. The second-order valence-corrected chi connectivity index (χ2v) is 9.03. The number of carbonyl (C=O) groups is 3. The quantitative estimate of drug-likeness (QED) is 0.645. The third-order valence-corrected chi connectivity index (χ3v) is 7.03. The standard InChI is InChI=1S/C18H20N2O5S2/c1-2-26-9-12-10-27(25)17-14(16(22)20(17)15(12)18(23)24)19-13(21)8-11-6-4-3-5-7-11/h3-7,14,17H,2,8-10H2,1H3,(H,19,21)(H,23,24)/t14?,17-,27?/m1/s1. The molecule has 2 unspecified atom stereocenters. The SMILES string of the molecule is CCSCC1=C(C(=O)O)N2C(=O)C(NC(=O)Cc3ccccc3)[C@H]2S(=O)C1. The van der Waals surface area contributed by atoms with Crippen molar-refractivity contribution in [2.24, 2.45) is 0 Å². The fourth-order valence-electron chi connectivity index (χ4n) is 3.20. The molecule has 7 nitrogen and oxygen atoms in total. The zero-order chi connectivity index (χ0) is 19.6. The molecule has 0 radical (unpaired) electrons. The molecule has 9 heteroatoms. The minimum absolute atomic E-state index is 0.0842. The van der Waals surface area contributed by atoms with E-state index in [0.717, 1.165) is 16.2 Å². The normalized spacial score (nSPS) is 24.3. The topological polar surface area (TPSA) is 104 Å². The number of aliphatic carboxylic acids is 1. The summed E-state index contributed by atoms with van der Waals surface area (Å²) in [5.41, 5.74) is 1.22. The van der Waals surface area contributed by atoms with Crippen LogP contribution in [0.25, 0.3) is 0 Å². The molecule has 2 aliphatic heterocycles. The van der Waals surface area contributed by atoms with E-state index in [2.05, 4.69) is 5.32 Å². The van der Waals surface area contributed by atoms with Crippen molar-refractivity contribution in [1.29, 1.82) is 0 Å². The van der Waals surface area contributed by atoms with Crippen LogP contribution in [0.2, 0.25) is 0 Å². The Morgan fingerprint density at radius 3 is 2.67 bits per heavy atom. The third-order valence-electron chi connectivity index (χ3n) is 4.41. The lowest BCUT2D eigenvalue weighted by Crippen LogP contribution is -2.73. The van der Waals surface area contributed by atoms with Gasteiger partial charge < -0.3 is 10.4 Å². The highest BCUT2D eigenvalue weighted by Gasteiger charge is 2.57. The first-order valence-corrected chi connectivity index (χ1v) is 11.0. The molecule has 0 aliphatic carbocycles. The monoisotopic (exact) mass is 408 g/mol. The maximum Gasteiger partial charge on any atom is 0.352 e. The van der Waals surface area contributed by atoms with Gasteiger partial charge in [0, 0.05) is 5.75 Å². The number of fused-ring (bicyclic) bond motifs is 1. The molecule has 2 N–H and O–H groups in total. The molecule has 2 aliphatic rings. The Balaban J connectivity index is 1.75. The molecule has 3 atom stereocenters. The van der Waals surface area contributed by atoms with Crippen molar-refractivity contribution in [3.63, 3.8) is 0 Å². The Morgan fingerprint density at radius 2 is 2.04 bits per heavy atom. The highest BCUT2D eigenvalue weighted by atomic mass is 32.2. The summed E-state index contributed by atoms with van der Waals surface area (Å²) < 4.78 is 12.6. The number of thioether (sulfide) groups is 1. The van der Waals surface area contributed by atoms with E-state index < -0.39 is 34.1 Å². The van der Waals surface area contributed by atoms with Crippen LogP contribution in [0.5, 0.6) is 0 Å². The molecule has 0 bridgehead atoms. The van der Waals surface area contributed by atoms with E-state index in [-0.39, 0.29) is 23.8 Å². The van der Waals surface area contributed by atoms with Gasteiger partial charge >= 0.3 is 5.97 Å². The first-order valence-electron chi connectivity index (χ1n) is 8.50. The van der Waals surface area contributed by atoms with Gasteiger partial charge in [0.25, 0.3) is 5.91 Å². The fraction of sp³-hybridized carbons (Fsp3) is 0.389. The zero-order valence-corrected chi connectivity index (χ0v) is 16.3. The number of nitrogens with one attached hydrogen (secondary N) is 1. The summed E-state index contributed by atoms with van der Waals surface area (Å²) in [6.07, 6.45) is 0.101. The smallest absolute Gasteiger partial charge is 0.352 e. The summed E-state index contributed by atoms with van der Waals surface area (Å²) in [6.45, 7) is 1.95. The van der Waals surface area contributed by atoms with E-state index in [4.69, 9.17) is 0 Å². The second kappa shape index (κ2) is 8.26. The van der Waals surface area contributed by atoms with Crippen LogP contribution >= 0.6 is 11.8 Å². The number of carbonyl (C=O) groups excluding carboxylic acids is 2. The molecule has 0 spiro atoms. The summed E-state index contributed by atoms with van der Waals surface area (Å²) in [7, 11) is -1.46. The lowest BCUT2D eigenvalue weighted by Gasteiger charge is -2.49. The number of hydrogen-bond acceptors (Lipinski definition) is 5. The zero-order valence-electron chi connectivity index (χ0n) is 14.7. The van der Waals surface area contributed by atoms with Crippen molar-refractivity contribution in [3.8, 4) is 0 Å². The van der Waals surface area contributed by atoms with Gasteiger partial charge in [-0.05, 0) is 16.9 Å². The third kappa shape index (κ3) is 3.93. The van der Waals surface area contributed by atoms with Crippen LogP contribution in [0, 0.1) is 0 Å². The number of hydrogen-bond donors (Lipinski definition) is 2. The van der Waals surface area contributed by atoms with Crippen LogP contribution in [-0.2, 0) is 31.6 Å². The van der Waals surface area contributed by atoms with Gasteiger partial charge in [-0.15, -0.1) is 0 Å². The highest BCUT2D eigenvalue weighted by molar-refractivity contribution is 7.99. The van der Waals surface area contributed by atoms with Crippen molar-refractivity contribution in [2.75, 3.05) is 17.3 Å². The fourth-order valence-corrected chi connectivity index (χ4v) is 5.70. The predicted molar refractivity (Wildman–Crippen MR) is 103 cm³/mol. The van der Waals surface area contributed by atoms with Gasteiger partial charge in [-0.1, -0.05) is 37.3 Å². The van der Waals surface area contributed by atoms with Gasteiger partial charge in [-0.2, -0.15) is 11.8 Å². The molecular formula is C18H20N2O5S2. The molecule has 144 valence electrons. The maximum absolute atomic E-state index is 12.6. The molecule has 27 heavy (non-hydrogen) atoms. The van der Waals surface area contributed by atoms with Crippen molar-refractivity contribution in [2.45, 2.75) is 24.8 Å². The van der Waals surface area contributed by atoms with Gasteiger partial charge in [0.1, 0.15) is 17.1 Å². The Labute approximate surface area is 163 Å². The number of β-lactam (4-membered cyclic amide) rings is 1. The van der Waals surface area contributed by atoms with Crippen LogP contribution < -0.4 is 5.32 Å². The van der Waals surface area contributed by atoms with Gasteiger partial charge in [-0.25, -0.2) is 4.79 Å². The van der Waals surface area contributed by atoms with Crippen LogP contribution in [0.4, 0.5) is 0 Å². The number of benzene rings is 1. The number of carboxylic acids is 1. The van der Waals surface area contributed by atoms with Crippen molar-refractivity contribution < 1.29 is 23.7 Å². The molecule has 1 aromatic rings. The van der Waals surface area contributed by atoms with Crippen LogP contribution in [0.1, 0.15) is 12.5 Å². The Bertz CT molecular complexity index is 824. The molecule has 1 aromatic carbocycles. The van der Waals surface area contributed by atoms with Crippen molar-refractivity contribution in [1.82, 2.24) is 10.2 Å². The van der Waals surface area contributed by atoms with E-state index >= 15 is 0 Å². The first kappa shape index (κ1) is 19.6. The Kier molecular flexibility index (Phi) is 6.01. The summed E-state index contributed by atoms with van der Waals surface area (Å²) in [5, 5.41) is 11.3. The lowest BCUT2D eigenvalue weighted by molar-refractivity contribution is -0.150. The molecule has 2 amide bonds. The van der Waals surface area contributed by atoms with E-state index in [9.17, 15) is 23.7 Å². The Hall–Kier alpha value is -2.13. The summed E-state index contributed by atoms with van der Waals surface area (Å²) in [5.74, 6) is -0.765. The molecule has 0 aromatic heterocycles. The molecule has 0 saturated carbocycles. The number of nitrogens with zero attached hydrogens (tertiary/aromatic N) is 1. The predicted octanol–water partition coefficient (Wildman–Crippen LogP) is 0.736. The van der Waals surface area contributed by atoms with Gasteiger partial charge in [0.05, 0.1) is 23.0 Å². The summed E-state index contributed by atoms with van der Waals surface area (Å²) >= 11 is 1.52. The lowest BCUT2D eigenvalue weighted by atomic mass is 10.0. The minimum atomic E-state index is -1.46. The average molecular weight is 409 g/mol. The highest BCUT2D eigenvalue weighted by Crippen LogP contribution is 2.35. The Morgan fingerprint density at radius 1 is 1.33 bits per heavy atom. The number of rotatable bonds is 7. The summed E-state index contributed by atoms with van der Waals surface area (Å²) in [4.78, 5) is 37.6. The number of amides is 2. The van der Waals surface area contributed by atoms with Gasteiger partial charge in [-0.3, -0.25) is 18.7 Å². The maximum atomic E-state index is 12.6. The van der Waals surface area contributed by atoms with E-state index in [1.54, 1.807) is 12.1 Å². The minimum Gasteiger partial charge on any atom is -0.477 e. The van der Waals surface area contributed by atoms with E-state index in [0.29, 0.717) is 11.3 Å². The average Bonchev–Trinajstić information content (AvgIpc) is 2.64.